The predicted octanol–water partition coefficient (Wildman–Crippen LogP) is 3.53. The van der Waals surface area contributed by atoms with Crippen LogP contribution >= 0.6 is 0 Å². The fourth-order valence-electron chi connectivity index (χ4n) is 1.90. The van der Waals surface area contributed by atoms with Crippen LogP contribution in [0.3, 0.4) is 0 Å². The van der Waals surface area contributed by atoms with Crippen LogP contribution in [0.15, 0.2) is 30.5 Å². The molecule has 2 nitrogen and oxygen atoms in total. The number of aromatic hydroxyl groups is 1. The highest BCUT2D eigenvalue weighted by atomic mass is 16.3. The van der Waals surface area contributed by atoms with Crippen LogP contribution in [0.2, 0.25) is 0 Å². The summed E-state index contributed by atoms with van der Waals surface area (Å²) in [7, 11) is 0. The van der Waals surface area contributed by atoms with Gasteiger partial charge >= 0.3 is 0 Å². The molecule has 1 N–H and O–H groups in total. The van der Waals surface area contributed by atoms with E-state index in [1.54, 1.807) is 6.07 Å². The van der Waals surface area contributed by atoms with Gasteiger partial charge in [0, 0.05) is 11.6 Å². The zero-order valence-electron chi connectivity index (χ0n) is 9.99. The summed E-state index contributed by atoms with van der Waals surface area (Å²) in [5.74, 6) is 0.250. The molecule has 0 atom stereocenters. The van der Waals surface area contributed by atoms with Crippen molar-refractivity contribution >= 4 is 10.9 Å². The van der Waals surface area contributed by atoms with Gasteiger partial charge in [-0.2, -0.15) is 0 Å². The summed E-state index contributed by atoms with van der Waals surface area (Å²) in [5, 5.41) is 10.6. The Morgan fingerprint density at radius 3 is 2.69 bits per heavy atom. The van der Waals surface area contributed by atoms with Gasteiger partial charge in [-0.3, -0.25) is 4.98 Å². The Balaban J connectivity index is 2.45. The first kappa shape index (κ1) is 10.9. The second-order valence-electron chi connectivity index (χ2n) is 5.43. The third-order valence-corrected chi connectivity index (χ3v) is 2.48. The maximum absolute atomic E-state index is 9.63. The first-order valence-corrected chi connectivity index (χ1v) is 5.52. The molecule has 16 heavy (non-hydrogen) atoms. The van der Waals surface area contributed by atoms with Crippen molar-refractivity contribution in [3.8, 4) is 5.75 Å². The van der Waals surface area contributed by atoms with Gasteiger partial charge in [-0.25, -0.2) is 0 Å². The molecule has 0 aliphatic carbocycles. The van der Waals surface area contributed by atoms with Crippen molar-refractivity contribution in [3.05, 3.63) is 36.0 Å². The lowest BCUT2D eigenvalue weighted by molar-refractivity contribution is 0.411. The summed E-state index contributed by atoms with van der Waals surface area (Å²) in [6.07, 6.45) is 2.85. The van der Waals surface area contributed by atoms with Crippen LogP contribution in [-0.2, 0) is 6.42 Å². The van der Waals surface area contributed by atoms with Crippen LogP contribution in [0.1, 0.15) is 26.3 Å². The summed E-state index contributed by atoms with van der Waals surface area (Å²) in [4.78, 5) is 4.31. The third-order valence-electron chi connectivity index (χ3n) is 2.48. The second-order valence-corrected chi connectivity index (χ2v) is 5.43. The average molecular weight is 215 g/mol. The van der Waals surface area contributed by atoms with Crippen LogP contribution in [0.25, 0.3) is 10.9 Å². The molecule has 0 aliphatic rings. The number of rotatable bonds is 1. The summed E-state index contributed by atoms with van der Waals surface area (Å²) in [5.41, 5.74) is 2.15. The van der Waals surface area contributed by atoms with Gasteiger partial charge in [0.25, 0.3) is 0 Å². The molecule has 0 saturated carbocycles. The lowest BCUT2D eigenvalue weighted by Crippen LogP contribution is -2.09. The van der Waals surface area contributed by atoms with E-state index in [1.165, 1.54) is 5.56 Å². The van der Waals surface area contributed by atoms with E-state index in [-0.39, 0.29) is 11.2 Å². The van der Waals surface area contributed by atoms with Gasteiger partial charge in [0.05, 0.1) is 0 Å². The minimum absolute atomic E-state index is 0.250. The van der Waals surface area contributed by atoms with Gasteiger partial charge in [0.1, 0.15) is 11.3 Å². The fraction of sp³-hybridized carbons (Fsp3) is 0.357. The van der Waals surface area contributed by atoms with E-state index in [0.717, 1.165) is 11.8 Å². The van der Waals surface area contributed by atoms with Crippen molar-refractivity contribution in [2.45, 2.75) is 27.2 Å². The number of para-hydroxylation sites is 1. The molecule has 0 radical (unpaired) electrons. The number of hydrogen-bond donors (Lipinski definition) is 1. The molecule has 0 saturated heterocycles. The normalized spacial score (nSPS) is 11.9. The van der Waals surface area contributed by atoms with Crippen LogP contribution in [-0.4, -0.2) is 10.1 Å². The highest BCUT2D eigenvalue weighted by Gasteiger charge is 2.12. The van der Waals surface area contributed by atoms with Crippen molar-refractivity contribution in [2.75, 3.05) is 0 Å². The Hall–Kier alpha value is -1.57. The van der Waals surface area contributed by atoms with Gasteiger partial charge in [-0.15, -0.1) is 0 Å². The first-order chi connectivity index (χ1) is 7.46. The molecule has 0 bridgehead atoms. The average Bonchev–Trinajstić information content (AvgIpc) is 2.15. The predicted molar refractivity (Wildman–Crippen MR) is 66.6 cm³/mol. The Labute approximate surface area is 96.0 Å². The van der Waals surface area contributed by atoms with E-state index in [2.05, 4.69) is 31.8 Å². The smallest absolute Gasteiger partial charge is 0.141 e. The molecular weight excluding hydrogens is 198 g/mol. The molecule has 0 amide bonds. The molecule has 1 aromatic carbocycles. The number of hydrogen-bond acceptors (Lipinski definition) is 2. The van der Waals surface area contributed by atoms with Gasteiger partial charge in [-0.1, -0.05) is 32.9 Å². The van der Waals surface area contributed by atoms with E-state index in [4.69, 9.17) is 0 Å². The molecule has 1 heterocycles. The van der Waals surface area contributed by atoms with Gasteiger partial charge < -0.3 is 5.11 Å². The Morgan fingerprint density at radius 1 is 1.25 bits per heavy atom. The highest BCUT2D eigenvalue weighted by molar-refractivity contribution is 5.84. The molecule has 0 fully saturated rings. The SMILES string of the molecule is CC(C)(C)Cc1cnc2c(O)cccc2c1. The van der Waals surface area contributed by atoms with Gasteiger partial charge in [0.2, 0.25) is 0 Å². The molecular formula is C14H17NO. The molecule has 2 aromatic rings. The minimum Gasteiger partial charge on any atom is -0.506 e. The Bertz CT molecular complexity index is 512. The summed E-state index contributed by atoms with van der Waals surface area (Å²) in [6.45, 7) is 6.62. The quantitative estimate of drug-likeness (QED) is 0.789. The summed E-state index contributed by atoms with van der Waals surface area (Å²) >= 11 is 0. The Morgan fingerprint density at radius 2 is 2.00 bits per heavy atom. The van der Waals surface area contributed by atoms with Crippen molar-refractivity contribution in [1.29, 1.82) is 0 Å². The fourth-order valence-corrected chi connectivity index (χ4v) is 1.90. The van der Waals surface area contributed by atoms with E-state index in [9.17, 15) is 5.11 Å². The maximum atomic E-state index is 9.63. The summed E-state index contributed by atoms with van der Waals surface area (Å²) < 4.78 is 0. The lowest BCUT2D eigenvalue weighted by atomic mass is 9.88. The molecule has 1 aromatic heterocycles. The number of fused-ring (bicyclic) bond motifs is 1. The number of aromatic nitrogens is 1. The van der Waals surface area contributed by atoms with Crippen molar-refractivity contribution in [2.24, 2.45) is 5.41 Å². The highest BCUT2D eigenvalue weighted by Crippen LogP contribution is 2.25. The number of nitrogens with zero attached hydrogens (tertiary/aromatic N) is 1. The molecule has 0 unspecified atom stereocenters. The standard InChI is InChI=1S/C14H17NO/c1-14(2,3)8-10-7-11-5-4-6-12(16)13(11)15-9-10/h4-7,9,16H,8H2,1-3H3. The zero-order chi connectivity index (χ0) is 11.8. The van der Waals surface area contributed by atoms with E-state index >= 15 is 0 Å². The van der Waals surface area contributed by atoms with E-state index < -0.39 is 0 Å². The number of phenols is 1. The van der Waals surface area contributed by atoms with Crippen LogP contribution in [0.5, 0.6) is 5.75 Å². The lowest BCUT2D eigenvalue weighted by Gasteiger charge is -2.18. The van der Waals surface area contributed by atoms with E-state index in [1.807, 2.05) is 18.3 Å². The minimum atomic E-state index is 0.250. The van der Waals surface area contributed by atoms with Crippen LogP contribution in [0, 0.1) is 5.41 Å². The van der Waals surface area contributed by atoms with E-state index in [0.29, 0.717) is 5.52 Å². The Kier molecular flexibility index (Phi) is 2.58. The van der Waals surface area contributed by atoms with Crippen LogP contribution < -0.4 is 0 Å². The second kappa shape index (κ2) is 3.78. The topological polar surface area (TPSA) is 33.1 Å². The number of pyridine rings is 1. The number of benzene rings is 1. The maximum Gasteiger partial charge on any atom is 0.141 e. The largest absolute Gasteiger partial charge is 0.506 e. The third kappa shape index (κ3) is 2.32. The molecule has 0 aliphatic heterocycles. The zero-order valence-corrected chi connectivity index (χ0v) is 9.99. The van der Waals surface area contributed by atoms with Crippen molar-refractivity contribution in [1.82, 2.24) is 4.98 Å². The van der Waals surface area contributed by atoms with Gasteiger partial charge in [-0.05, 0) is 29.5 Å². The molecule has 2 heteroatoms. The molecule has 2 rings (SSSR count). The summed E-state index contributed by atoms with van der Waals surface area (Å²) in [6, 6.07) is 7.60. The van der Waals surface area contributed by atoms with Crippen molar-refractivity contribution < 1.29 is 5.11 Å². The van der Waals surface area contributed by atoms with Gasteiger partial charge in [0.15, 0.2) is 0 Å². The molecule has 0 spiro atoms. The monoisotopic (exact) mass is 215 g/mol. The number of phenolic OH excluding ortho intramolecular Hbond substituents is 1. The molecule has 84 valence electrons. The van der Waals surface area contributed by atoms with Crippen LogP contribution in [0.4, 0.5) is 0 Å². The first-order valence-electron chi connectivity index (χ1n) is 5.52. The van der Waals surface area contributed by atoms with Crippen molar-refractivity contribution in [3.63, 3.8) is 0 Å².